The van der Waals surface area contributed by atoms with Crippen LogP contribution in [0.1, 0.15) is 15.9 Å². The molecule has 0 saturated heterocycles. The number of aliphatic imine (C=N–C) groups is 1. The molecule has 0 heterocycles. The number of hydrogen-bond donors (Lipinski definition) is 2. The maximum absolute atomic E-state index is 12.1. The fraction of sp³-hybridized carbons (Fsp3) is 0.333. The molecule has 0 saturated carbocycles. The van der Waals surface area contributed by atoms with Crippen molar-refractivity contribution >= 4 is 17.6 Å². The smallest absolute Gasteiger partial charge is 0.253 e. The Morgan fingerprint density at radius 1 is 1.07 bits per heavy atom. The first kappa shape index (κ1) is 21.1. The lowest BCUT2D eigenvalue weighted by atomic mass is 10.1. The van der Waals surface area contributed by atoms with E-state index in [4.69, 9.17) is 9.47 Å². The molecule has 0 atom stereocenters. The van der Waals surface area contributed by atoms with E-state index in [1.54, 1.807) is 40.3 Å². The molecule has 150 valence electrons. The standard InChI is InChI=1S/C21H28N4O3/c1-22-21(24-17-9-10-18(27-4)19(14-17)28-5)23-12-11-15-7-6-8-16(13-15)20(26)25(2)3/h6-10,13-14H,11-12H2,1-5H3,(H2,22,23,24). The first-order valence-corrected chi connectivity index (χ1v) is 8.98. The molecule has 2 rings (SSSR count). The summed E-state index contributed by atoms with van der Waals surface area (Å²) in [5.74, 6) is 1.96. The largest absolute Gasteiger partial charge is 0.493 e. The Labute approximate surface area is 166 Å². The van der Waals surface area contributed by atoms with Crippen LogP contribution in [0.3, 0.4) is 0 Å². The number of carbonyl (C=O) groups is 1. The molecule has 0 aliphatic carbocycles. The van der Waals surface area contributed by atoms with Crippen molar-refractivity contribution in [2.24, 2.45) is 4.99 Å². The molecular formula is C21H28N4O3. The second kappa shape index (κ2) is 10.2. The molecule has 0 bridgehead atoms. The van der Waals surface area contributed by atoms with E-state index >= 15 is 0 Å². The molecule has 0 fully saturated rings. The van der Waals surface area contributed by atoms with Gasteiger partial charge in [-0.2, -0.15) is 0 Å². The number of anilines is 1. The van der Waals surface area contributed by atoms with Crippen LogP contribution in [0.4, 0.5) is 5.69 Å². The Balaban J connectivity index is 1.95. The molecule has 28 heavy (non-hydrogen) atoms. The zero-order valence-electron chi connectivity index (χ0n) is 17.1. The maximum Gasteiger partial charge on any atom is 0.253 e. The maximum atomic E-state index is 12.1. The lowest BCUT2D eigenvalue weighted by Gasteiger charge is -2.14. The molecule has 0 radical (unpaired) electrons. The van der Waals surface area contributed by atoms with Crippen LogP contribution in [-0.4, -0.2) is 58.7 Å². The third-order valence-corrected chi connectivity index (χ3v) is 4.16. The molecule has 0 spiro atoms. The predicted octanol–water partition coefficient (Wildman–Crippen LogP) is 2.64. The van der Waals surface area contributed by atoms with E-state index in [1.807, 2.05) is 42.5 Å². The minimum absolute atomic E-state index is 0.000684. The number of methoxy groups -OCH3 is 2. The highest BCUT2D eigenvalue weighted by molar-refractivity contribution is 5.94. The van der Waals surface area contributed by atoms with E-state index in [2.05, 4.69) is 15.6 Å². The summed E-state index contributed by atoms with van der Waals surface area (Å²) in [5, 5.41) is 6.50. The summed E-state index contributed by atoms with van der Waals surface area (Å²) in [6, 6.07) is 13.3. The van der Waals surface area contributed by atoms with Crippen molar-refractivity contribution in [2.75, 3.05) is 47.2 Å². The highest BCUT2D eigenvalue weighted by Gasteiger charge is 2.09. The summed E-state index contributed by atoms with van der Waals surface area (Å²) in [6.07, 6.45) is 0.765. The molecule has 7 heteroatoms. The summed E-state index contributed by atoms with van der Waals surface area (Å²) in [7, 11) is 8.42. The number of rotatable bonds is 7. The van der Waals surface area contributed by atoms with Crippen LogP contribution >= 0.6 is 0 Å². The van der Waals surface area contributed by atoms with Gasteiger partial charge in [-0.1, -0.05) is 12.1 Å². The van der Waals surface area contributed by atoms with E-state index in [9.17, 15) is 4.79 Å². The number of hydrogen-bond acceptors (Lipinski definition) is 4. The average Bonchev–Trinajstić information content (AvgIpc) is 2.72. The highest BCUT2D eigenvalue weighted by atomic mass is 16.5. The Morgan fingerprint density at radius 2 is 1.82 bits per heavy atom. The number of amides is 1. The minimum Gasteiger partial charge on any atom is -0.493 e. The molecule has 2 aromatic carbocycles. The molecule has 2 aromatic rings. The van der Waals surface area contributed by atoms with Gasteiger partial charge in [0.2, 0.25) is 0 Å². The molecule has 0 aliphatic heterocycles. The van der Waals surface area contributed by atoms with Crippen molar-refractivity contribution in [3.8, 4) is 11.5 Å². The van der Waals surface area contributed by atoms with Crippen molar-refractivity contribution in [3.05, 3.63) is 53.6 Å². The van der Waals surface area contributed by atoms with Gasteiger partial charge in [-0.15, -0.1) is 0 Å². The second-order valence-corrected chi connectivity index (χ2v) is 6.34. The summed E-state index contributed by atoms with van der Waals surface area (Å²) in [6.45, 7) is 0.673. The zero-order valence-corrected chi connectivity index (χ0v) is 17.1. The summed E-state index contributed by atoms with van der Waals surface area (Å²) in [5.41, 5.74) is 2.61. The number of nitrogens with one attached hydrogen (secondary N) is 2. The monoisotopic (exact) mass is 384 g/mol. The fourth-order valence-corrected chi connectivity index (χ4v) is 2.67. The van der Waals surface area contributed by atoms with Crippen LogP contribution in [0, 0.1) is 0 Å². The quantitative estimate of drug-likeness (QED) is 0.567. The van der Waals surface area contributed by atoms with E-state index < -0.39 is 0 Å². The number of ether oxygens (including phenoxy) is 2. The van der Waals surface area contributed by atoms with Crippen LogP contribution in [-0.2, 0) is 6.42 Å². The van der Waals surface area contributed by atoms with E-state index in [0.717, 1.165) is 17.7 Å². The average molecular weight is 384 g/mol. The Kier molecular flexibility index (Phi) is 7.68. The van der Waals surface area contributed by atoms with Gasteiger partial charge in [0.05, 0.1) is 14.2 Å². The normalized spacial score (nSPS) is 11.0. The first-order chi connectivity index (χ1) is 13.5. The number of carbonyl (C=O) groups excluding carboxylic acids is 1. The lowest BCUT2D eigenvalue weighted by Crippen LogP contribution is -2.32. The van der Waals surface area contributed by atoms with E-state index in [-0.39, 0.29) is 5.91 Å². The number of guanidine groups is 1. The lowest BCUT2D eigenvalue weighted by molar-refractivity contribution is 0.0827. The molecule has 7 nitrogen and oxygen atoms in total. The van der Waals surface area contributed by atoms with Gasteiger partial charge in [-0.3, -0.25) is 9.79 Å². The Hall–Kier alpha value is -3.22. The van der Waals surface area contributed by atoms with Gasteiger partial charge < -0.3 is 25.0 Å². The van der Waals surface area contributed by atoms with Crippen LogP contribution in [0.15, 0.2) is 47.5 Å². The van der Waals surface area contributed by atoms with Crippen LogP contribution < -0.4 is 20.1 Å². The van der Waals surface area contributed by atoms with Crippen molar-refractivity contribution in [1.29, 1.82) is 0 Å². The number of nitrogens with zero attached hydrogens (tertiary/aromatic N) is 2. The van der Waals surface area contributed by atoms with E-state index in [1.165, 1.54) is 0 Å². The third-order valence-electron chi connectivity index (χ3n) is 4.16. The van der Waals surface area contributed by atoms with Gasteiger partial charge in [-0.05, 0) is 36.2 Å². The van der Waals surface area contributed by atoms with Crippen LogP contribution in [0.5, 0.6) is 11.5 Å². The molecular weight excluding hydrogens is 356 g/mol. The Bertz CT molecular complexity index is 834. The predicted molar refractivity (Wildman–Crippen MR) is 113 cm³/mol. The zero-order chi connectivity index (χ0) is 20.5. The second-order valence-electron chi connectivity index (χ2n) is 6.34. The topological polar surface area (TPSA) is 75.2 Å². The SMILES string of the molecule is CN=C(NCCc1cccc(C(=O)N(C)C)c1)Nc1ccc(OC)c(OC)c1. The van der Waals surface area contributed by atoms with Crippen molar-refractivity contribution in [1.82, 2.24) is 10.2 Å². The van der Waals surface area contributed by atoms with Crippen LogP contribution in [0.2, 0.25) is 0 Å². The summed E-state index contributed by atoms with van der Waals surface area (Å²) < 4.78 is 10.6. The summed E-state index contributed by atoms with van der Waals surface area (Å²) >= 11 is 0. The van der Waals surface area contributed by atoms with Gasteiger partial charge in [0.25, 0.3) is 5.91 Å². The van der Waals surface area contributed by atoms with Gasteiger partial charge in [0.15, 0.2) is 17.5 Å². The van der Waals surface area contributed by atoms with Crippen molar-refractivity contribution in [3.63, 3.8) is 0 Å². The van der Waals surface area contributed by atoms with Crippen molar-refractivity contribution in [2.45, 2.75) is 6.42 Å². The molecule has 0 unspecified atom stereocenters. The third kappa shape index (κ3) is 5.64. The molecule has 1 amide bonds. The molecule has 0 aliphatic rings. The van der Waals surface area contributed by atoms with Gasteiger partial charge in [-0.25, -0.2) is 0 Å². The van der Waals surface area contributed by atoms with Gasteiger partial charge >= 0.3 is 0 Å². The molecule has 2 N–H and O–H groups in total. The highest BCUT2D eigenvalue weighted by Crippen LogP contribution is 2.29. The van der Waals surface area contributed by atoms with Gasteiger partial charge in [0, 0.05) is 45.0 Å². The molecule has 0 aromatic heterocycles. The fourth-order valence-electron chi connectivity index (χ4n) is 2.67. The van der Waals surface area contributed by atoms with Gasteiger partial charge in [0.1, 0.15) is 0 Å². The Morgan fingerprint density at radius 3 is 2.46 bits per heavy atom. The number of benzene rings is 2. The van der Waals surface area contributed by atoms with Crippen LogP contribution in [0.25, 0.3) is 0 Å². The van der Waals surface area contributed by atoms with Crippen molar-refractivity contribution < 1.29 is 14.3 Å². The summed E-state index contributed by atoms with van der Waals surface area (Å²) in [4.78, 5) is 17.9. The minimum atomic E-state index is 0.000684. The first-order valence-electron chi connectivity index (χ1n) is 8.98. The van der Waals surface area contributed by atoms with E-state index in [0.29, 0.717) is 29.6 Å².